The van der Waals surface area contributed by atoms with Crippen molar-refractivity contribution in [1.29, 1.82) is 0 Å². The van der Waals surface area contributed by atoms with E-state index in [0.717, 1.165) is 17.5 Å². The molecule has 1 aliphatic heterocycles. The fourth-order valence-corrected chi connectivity index (χ4v) is 3.28. The number of aliphatic imine (C=N–C) groups is 1. The molecule has 0 fully saturated rings. The van der Waals surface area contributed by atoms with E-state index >= 15 is 0 Å². The average Bonchev–Trinajstić information content (AvgIpc) is 2.64. The molecule has 132 valence electrons. The predicted molar refractivity (Wildman–Crippen MR) is 99.1 cm³/mol. The molecule has 2 aromatic carbocycles. The van der Waals surface area contributed by atoms with Gasteiger partial charge in [0.15, 0.2) is 5.17 Å². The van der Waals surface area contributed by atoms with Gasteiger partial charge in [-0.25, -0.2) is 4.39 Å². The predicted octanol–water partition coefficient (Wildman–Crippen LogP) is 4.39. The van der Waals surface area contributed by atoms with Gasteiger partial charge in [-0.3, -0.25) is 4.99 Å². The minimum atomic E-state index is -0.492. The lowest BCUT2D eigenvalue weighted by molar-refractivity contribution is -0.112. The molecule has 0 radical (unpaired) electrons. The van der Waals surface area contributed by atoms with Crippen LogP contribution in [0.15, 0.2) is 47.5 Å². The Morgan fingerprint density at radius 2 is 2.12 bits per heavy atom. The molecule has 2 N–H and O–H groups in total. The third-order valence-electron chi connectivity index (χ3n) is 3.76. The number of halogens is 1. The summed E-state index contributed by atoms with van der Waals surface area (Å²) in [5, 5.41) is 0.506. The Morgan fingerprint density at radius 3 is 2.88 bits per heavy atom. The molecule has 1 aliphatic rings. The lowest BCUT2D eigenvalue weighted by atomic mass is 10.1. The average molecular weight is 360 g/mol. The molecular formula is C19H21FN2O2S. The van der Waals surface area contributed by atoms with Crippen molar-refractivity contribution in [3.63, 3.8) is 0 Å². The Hall–Kier alpha value is -2.05. The van der Waals surface area contributed by atoms with Gasteiger partial charge >= 0.3 is 0 Å². The molecule has 0 bridgehead atoms. The molecule has 4 nitrogen and oxygen atoms in total. The third-order valence-corrected chi connectivity index (χ3v) is 4.64. The number of benzene rings is 2. The van der Waals surface area contributed by atoms with Crippen LogP contribution in [0.3, 0.4) is 0 Å². The summed E-state index contributed by atoms with van der Waals surface area (Å²) in [5.74, 6) is 0.877. The van der Waals surface area contributed by atoms with E-state index in [9.17, 15) is 4.39 Å². The molecule has 25 heavy (non-hydrogen) atoms. The normalized spacial score (nSPS) is 17.0. The first-order chi connectivity index (χ1) is 12.2. The molecule has 3 rings (SSSR count). The lowest BCUT2D eigenvalue weighted by Gasteiger charge is -2.28. The molecule has 6 heteroatoms. The molecule has 2 aromatic rings. The fraction of sp³-hybridized carbons (Fsp3) is 0.316. The van der Waals surface area contributed by atoms with Crippen LogP contribution in [-0.4, -0.2) is 11.7 Å². The second-order valence-electron chi connectivity index (χ2n) is 5.73. The van der Waals surface area contributed by atoms with Gasteiger partial charge in [0.25, 0.3) is 0 Å². The van der Waals surface area contributed by atoms with Gasteiger partial charge in [0.1, 0.15) is 11.6 Å². The number of rotatable bonds is 5. The van der Waals surface area contributed by atoms with Crippen molar-refractivity contribution in [2.75, 3.05) is 6.54 Å². The molecule has 0 aliphatic carbocycles. The molecule has 0 unspecified atom stereocenters. The summed E-state index contributed by atoms with van der Waals surface area (Å²) < 4.78 is 25.7. The van der Waals surface area contributed by atoms with Gasteiger partial charge in [-0.15, -0.1) is 0 Å². The summed E-state index contributed by atoms with van der Waals surface area (Å²) in [4.78, 5) is 4.25. The van der Waals surface area contributed by atoms with Crippen LogP contribution in [-0.2, 0) is 17.1 Å². The van der Waals surface area contributed by atoms with Crippen LogP contribution in [0.4, 0.5) is 4.39 Å². The monoisotopic (exact) mass is 360 g/mol. The molecule has 1 atom stereocenters. The van der Waals surface area contributed by atoms with E-state index in [1.807, 2.05) is 37.3 Å². The Labute approximate surface area is 151 Å². The van der Waals surface area contributed by atoms with Crippen molar-refractivity contribution in [3.05, 3.63) is 65.0 Å². The first-order valence-electron chi connectivity index (χ1n) is 8.24. The number of hydrogen-bond donors (Lipinski definition) is 1. The zero-order valence-electron chi connectivity index (χ0n) is 14.1. The van der Waals surface area contributed by atoms with E-state index < -0.39 is 6.29 Å². The van der Waals surface area contributed by atoms with E-state index in [1.54, 1.807) is 0 Å². The van der Waals surface area contributed by atoms with Crippen molar-refractivity contribution in [1.82, 2.24) is 0 Å². The molecule has 0 saturated carbocycles. The summed E-state index contributed by atoms with van der Waals surface area (Å²) in [6.07, 6.45) is 0.449. The van der Waals surface area contributed by atoms with Crippen LogP contribution in [0.25, 0.3) is 0 Å². The van der Waals surface area contributed by atoms with Crippen LogP contribution in [0.1, 0.15) is 36.3 Å². The van der Waals surface area contributed by atoms with Crippen LogP contribution in [0.2, 0.25) is 0 Å². The first-order valence-corrected chi connectivity index (χ1v) is 9.23. The van der Waals surface area contributed by atoms with Crippen LogP contribution in [0, 0.1) is 5.82 Å². The van der Waals surface area contributed by atoms with Gasteiger partial charge in [-0.1, -0.05) is 49.0 Å². The number of thioether (sulfide) groups is 1. The van der Waals surface area contributed by atoms with Crippen molar-refractivity contribution >= 4 is 16.9 Å². The number of amidine groups is 1. The zero-order valence-corrected chi connectivity index (χ0v) is 14.9. The highest BCUT2D eigenvalue weighted by Crippen LogP contribution is 2.37. The second kappa shape index (κ2) is 8.36. The maximum absolute atomic E-state index is 13.9. The Morgan fingerprint density at radius 1 is 1.32 bits per heavy atom. The molecule has 0 amide bonds. The Balaban J connectivity index is 1.80. The van der Waals surface area contributed by atoms with E-state index in [1.165, 1.54) is 23.9 Å². The SMILES string of the molecule is CCCN=C(N)SCc1cc(F)cc2c1O[C@@H](c1ccccc1)OC2. The van der Waals surface area contributed by atoms with Gasteiger partial charge in [0, 0.05) is 29.0 Å². The van der Waals surface area contributed by atoms with Crippen molar-refractivity contribution in [3.8, 4) is 5.75 Å². The minimum absolute atomic E-state index is 0.302. The summed E-state index contributed by atoms with van der Waals surface area (Å²) in [7, 11) is 0. The van der Waals surface area contributed by atoms with Crippen molar-refractivity contribution < 1.29 is 13.9 Å². The highest BCUT2D eigenvalue weighted by Gasteiger charge is 2.25. The number of hydrogen-bond acceptors (Lipinski definition) is 4. The summed E-state index contributed by atoms with van der Waals surface area (Å²) in [6.45, 7) is 3.05. The quantitative estimate of drug-likeness (QED) is 0.635. The maximum atomic E-state index is 13.9. The van der Waals surface area contributed by atoms with E-state index in [2.05, 4.69) is 4.99 Å². The van der Waals surface area contributed by atoms with Crippen LogP contribution < -0.4 is 10.5 Å². The fourth-order valence-electron chi connectivity index (χ4n) is 2.58. The smallest absolute Gasteiger partial charge is 0.227 e. The number of nitrogens with two attached hydrogens (primary N) is 1. The van der Waals surface area contributed by atoms with Crippen LogP contribution >= 0.6 is 11.8 Å². The Kier molecular flexibility index (Phi) is 5.94. The molecule has 0 aromatic heterocycles. The van der Waals surface area contributed by atoms with Crippen molar-refractivity contribution in [2.24, 2.45) is 10.7 Å². The van der Waals surface area contributed by atoms with E-state index in [0.29, 0.717) is 35.4 Å². The van der Waals surface area contributed by atoms with E-state index in [4.69, 9.17) is 15.2 Å². The highest BCUT2D eigenvalue weighted by atomic mass is 32.2. The summed E-state index contributed by atoms with van der Waals surface area (Å²) >= 11 is 1.39. The van der Waals surface area contributed by atoms with Gasteiger partial charge < -0.3 is 15.2 Å². The largest absolute Gasteiger partial charge is 0.460 e. The molecule has 1 heterocycles. The Bertz CT molecular complexity index is 753. The van der Waals surface area contributed by atoms with E-state index in [-0.39, 0.29) is 5.82 Å². The zero-order chi connectivity index (χ0) is 17.6. The lowest BCUT2D eigenvalue weighted by Crippen LogP contribution is -2.19. The van der Waals surface area contributed by atoms with Crippen molar-refractivity contribution in [2.45, 2.75) is 32.0 Å². The van der Waals surface area contributed by atoms with Gasteiger partial charge in [0.05, 0.1) is 6.61 Å². The summed E-state index contributed by atoms with van der Waals surface area (Å²) in [6, 6.07) is 12.7. The molecular weight excluding hydrogens is 339 g/mol. The highest BCUT2D eigenvalue weighted by molar-refractivity contribution is 8.13. The standard InChI is InChI=1S/C19H21FN2O2S/c1-2-8-22-19(21)25-12-15-10-16(20)9-14-11-23-18(24-17(14)15)13-6-4-3-5-7-13/h3-7,9-10,18H,2,8,11-12H2,1H3,(H2,21,22)/t18-/m0/s1. The van der Waals surface area contributed by atoms with Gasteiger partial charge in [-0.2, -0.15) is 0 Å². The summed E-state index contributed by atoms with van der Waals surface area (Å²) in [5.41, 5.74) is 8.30. The number of ether oxygens (including phenoxy) is 2. The topological polar surface area (TPSA) is 56.8 Å². The maximum Gasteiger partial charge on any atom is 0.227 e. The van der Waals surface area contributed by atoms with Gasteiger partial charge in [-0.05, 0) is 18.6 Å². The van der Waals surface area contributed by atoms with Crippen LogP contribution in [0.5, 0.6) is 5.75 Å². The van der Waals surface area contributed by atoms with Gasteiger partial charge in [0.2, 0.25) is 6.29 Å². The molecule has 0 spiro atoms. The number of fused-ring (bicyclic) bond motifs is 1. The minimum Gasteiger partial charge on any atom is -0.460 e. The second-order valence-corrected chi connectivity index (χ2v) is 6.73. The molecule has 0 saturated heterocycles. The third kappa shape index (κ3) is 4.52. The number of nitrogens with zero attached hydrogens (tertiary/aromatic N) is 1. The first kappa shape index (κ1) is 17.8.